The van der Waals surface area contributed by atoms with Gasteiger partial charge in [0.25, 0.3) is 5.69 Å². The van der Waals surface area contributed by atoms with Crippen LogP contribution in [0.2, 0.25) is 0 Å². The fourth-order valence-corrected chi connectivity index (χ4v) is 1.16. The molecule has 18 heavy (non-hydrogen) atoms. The van der Waals surface area contributed by atoms with Crippen molar-refractivity contribution in [3.8, 4) is 5.75 Å². The first-order chi connectivity index (χ1) is 8.63. The molecular formula is C14H13NO3. The average molecular weight is 243 g/mol. The summed E-state index contributed by atoms with van der Waals surface area (Å²) in [6, 6.07) is 15.1. The third-order valence-electron chi connectivity index (χ3n) is 2.10. The van der Waals surface area contributed by atoms with Crippen LogP contribution in [0, 0.1) is 10.1 Å². The molecule has 0 atom stereocenters. The highest BCUT2D eigenvalue weighted by molar-refractivity contribution is 5.45. The summed E-state index contributed by atoms with van der Waals surface area (Å²) in [6.07, 6.45) is 1.83. The molecule has 0 heterocycles. The lowest BCUT2D eigenvalue weighted by atomic mass is 10.2. The smallest absolute Gasteiger partial charge is 0.269 e. The highest BCUT2D eigenvalue weighted by Crippen LogP contribution is 2.14. The van der Waals surface area contributed by atoms with Crippen molar-refractivity contribution < 1.29 is 10.0 Å². The van der Waals surface area contributed by atoms with E-state index in [9.17, 15) is 10.1 Å². The summed E-state index contributed by atoms with van der Waals surface area (Å²) in [7, 11) is 0. The zero-order chi connectivity index (χ0) is 13.4. The standard InChI is InChI=1S/C8H8.C6H5NO3/c1-2-8-6-4-3-5-7-8;8-6-3-1-5(2-4-6)7(9)10/h2-7H,1H2;1-4,8H. The van der Waals surface area contributed by atoms with E-state index in [-0.39, 0.29) is 11.4 Å². The monoisotopic (exact) mass is 243 g/mol. The maximum atomic E-state index is 10.0. The van der Waals surface area contributed by atoms with Crippen LogP contribution >= 0.6 is 0 Å². The van der Waals surface area contributed by atoms with Gasteiger partial charge >= 0.3 is 0 Å². The van der Waals surface area contributed by atoms with Crippen LogP contribution in [0.3, 0.4) is 0 Å². The van der Waals surface area contributed by atoms with Crippen molar-refractivity contribution in [3.63, 3.8) is 0 Å². The van der Waals surface area contributed by atoms with Gasteiger partial charge in [0.2, 0.25) is 0 Å². The summed E-state index contributed by atoms with van der Waals surface area (Å²) < 4.78 is 0. The average Bonchev–Trinajstić information content (AvgIpc) is 2.41. The van der Waals surface area contributed by atoms with E-state index in [1.54, 1.807) is 0 Å². The molecule has 1 N–H and O–H groups in total. The molecule has 4 nitrogen and oxygen atoms in total. The van der Waals surface area contributed by atoms with E-state index >= 15 is 0 Å². The largest absolute Gasteiger partial charge is 0.508 e. The highest BCUT2D eigenvalue weighted by atomic mass is 16.6. The van der Waals surface area contributed by atoms with E-state index in [1.807, 2.05) is 36.4 Å². The third kappa shape index (κ3) is 4.49. The predicted octanol–water partition coefficient (Wildman–Crippen LogP) is 3.63. The highest BCUT2D eigenvalue weighted by Gasteiger charge is 2.01. The van der Waals surface area contributed by atoms with Crippen LogP contribution in [0.15, 0.2) is 61.2 Å². The minimum Gasteiger partial charge on any atom is -0.508 e. The second-order valence-corrected chi connectivity index (χ2v) is 3.39. The Morgan fingerprint density at radius 3 is 2.00 bits per heavy atom. The summed E-state index contributed by atoms with van der Waals surface area (Å²) in [5.74, 6) is 0.0330. The Balaban J connectivity index is 0.000000184. The van der Waals surface area contributed by atoms with Crippen molar-refractivity contribution in [2.24, 2.45) is 0 Å². The Kier molecular flexibility index (Phi) is 5.12. The Morgan fingerprint density at radius 1 is 1.06 bits per heavy atom. The van der Waals surface area contributed by atoms with Crippen molar-refractivity contribution in [3.05, 3.63) is 76.9 Å². The maximum absolute atomic E-state index is 10.0. The molecule has 0 amide bonds. The van der Waals surface area contributed by atoms with Crippen molar-refractivity contribution >= 4 is 11.8 Å². The van der Waals surface area contributed by atoms with E-state index in [0.29, 0.717) is 0 Å². The van der Waals surface area contributed by atoms with Gasteiger partial charge in [-0.1, -0.05) is 43.0 Å². The lowest BCUT2D eigenvalue weighted by Gasteiger charge is -1.89. The van der Waals surface area contributed by atoms with E-state index < -0.39 is 4.92 Å². The fraction of sp³-hybridized carbons (Fsp3) is 0. The van der Waals surface area contributed by atoms with Gasteiger partial charge in [-0.25, -0.2) is 0 Å². The lowest BCUT2D eigenvalue weighted by molar-refractivity contribution is -0.384. The van der Waals surface area contributed by atoms with Gasteiger partial charge in [0.15, 0.2) is 0 Å². The Hall–Kier alpha value is -2.62. The van der Waals surface area contributed by atoms with Crippen LogP contribution < -0.4 is 0 Å². The third-order valence-corrected chi connectivity index (χ3v) is 2.10. The molecule has 4 heteroatoms. The zero-order valence-corrected chi connectivity index (χ0v) is 9.69. The predicted molar refractivity (Wildman–Crippen MR) is 71.3 cm³/mol. The molecule has 0 aromatic heterocycles. The molecule has 0 spiro atoms. The molecule has 0 radical (unpaired) electrons. The summed E-state index contributed by atoms with van der Waals surface area (Å²) in [5, 5.41) is 18.8. The topological polar surface area (TPSA) is 63.4 Å². The van der Waals surface area contributed by atoms with Crippen molar-refractivity contribution in [2.75, 3.05) is 0 Å². The van der Waals surface area contributed by atoms with Crippen LogP contribution in [-0.4, -0.2) is 10.0 Å². The minimum absolute atomic E-state index is 0.0159. The second kappa shape index (κ2) is 6.85. The summed E-state index contributed by atoms with van der Waals surface area (Å²) >= 11 is 0. The molecule has 0 bridgehead atoms. The van der Waals surface area contributed by atoms with Gasteiger partial charge in [0.1, 0.15) is 5.75 Å². The number of non-ortho nitro benzene ring substituents is 1. The molecule has 0 fully saturated rings. The van der Waals surface area contributed by atoms with E-state index in [4.69, 9.17) is 5.11 Å². The van der Waals surface area contributed by atoms with Gasteiger partial charge < -0.3 is 5.11 Å². The van der Waals surface area contributed by atoms with E-state index in [0.717, 1.165) is 0 Å². The van der Waals surface area contributed by atoms with E-state index in [1.165, 1.54) is 29.8 Å². The first-order valence-electron chi connectivity index (χ1n) is 5.24. The minimum atomic E-state index is -0.514. The lowest BCUT2D eigenvalue weighted by Crippen LogP contribution is -1.85. The molecule has 2 aromatic carbocycles. The quantitative estimate of drug-likeness (QED) is 0.647. The van der Waals surface area contributed by atoms with Gasteiger partial charge in [0.05, 0.1) is 4.92 Å². The normalized spacial score (nSPS) is 8.89. The molecule has 0 unspecified atom stereocenters. The Bertz CT molecular complexity index is 506. The number of nitro groups is 1. The molecule has 0 saturated heterocycles. The number of aromatic hydroxyl groups is 1. The van der Waals surface area contributed by atoms with Gasteiger partial charge in [-0.05, 0) is 17.7 Å². The molecular weight excluding hydrogens is 230 g/mol. The fourth-order valence-electron chi connectivity index (χ4n) is 1.16. The number of phenolic OH excluding ortho intramolecular Hbond substituents is 1. The number of rotatable bonds is 2. The number of nitrogens with zero attached hydrogens (tertiary/aromatic N) is 1. The van der Waals surface area contributed by atoms with E-state index in [2.05, 4.69) is 6.58 Å². The summed E-state index contributed by atoms with van der Waals surface area (Å²) in [6.45, 7) is 3.63. The van der Waals surface area contributed by atoms with Crippen molar-refractivity contribution in [1.82, 2.24) is 0 Å². The number of hydrogen-bond donors (Lipinski definition) is 1. The summed E-state index contributed by atoms with van der Waals surface area (Å²) in [4.78, 5) is 9.52. The van der Waals surface area contributed by atoms with Crippen molar-refractivity contribution in [2.45, 2.75) is 0 Å². The van der Waals surface area contributed by atoms with Gasteiger partial charge in [-0.2, -0.15) is 0 Å². The van der Waals surface area contributed by atoms with Gasteiger partial charge in [-0.15, -0.1) is 0 Å². The maximum Gasteiger partial charge on any atom is 0.269 e. The van der Waals surface area contributed by atoms with Crippen LogP contribution in [-0.2, 0) is 0 Å². The first-order valence-corrected chi connectivity index (χ1v) is 5.24. The number of phenols is 1. The second-order valence-electron chi connectivity index (χ2n) is 3.39. The SMILES string of the molecule is C=Cc1ccccc1.O=[N+]([O-])c1ccc(O)cc1. The number of nitro benzene ring substituents is 1. The molecule has 0 aliphatic heterocycles. The number of benzene rings is 2. The molecule has 2 rings (SSSR count). The van der Waals surface area contributed by atoms with Crippen LogP contribution in [0.25, 0.3) is 6.08 Å². The molecule has 92 valence electrons. The van der Waals surface area contributed by atoms with Crippen molar-refractivity contribution in [1.29, 1.82) is 0 Å². The Labute approximate surface area is 105 Å². The molecule has 2 aromatic rings. The first kappa shape index (κ1) is 13.4. The zero-order valence-electron chi connectivity index (χ0n) is 9.69. The summed E-state index contributed by atoms with van der Waals surface area (Å²) in [5.41, 5.74) is 1.16. The van der Waals surface area contributed by atoms with Crippen LogP contribution in [0.4, 0.5) is 5.69 Å². The van der Waals surface area contributed by atoms with Crippen LogP contribution in [0.5, 0.6) is 5.75 Å². The van der Waals surface area contributed by atoms with Gasteiger partial charge in [-0.3, -0.25) is 10.1 Å². The molecule has 0 aliphatic carbocycles. The molecule has 0 saturated carbocycles. The van der Waals surface area contributed by atoms with Crippen LogP contribution in [0.1, 0.15) is 5.56 Å². The number of hydrogen-bond acceptors (Lipinski definition) is 3. The molecule has 0 aliphatic rings. The van der Waals surface area contributed by atoms with Gasteiger partial charge in [0, 0.05) is 12.1 Å². The Morgan fingerprint density at radius 2 is 1.61 bits per heavy atom.